The van der Waals surface area contributed by atoms with Crippen molar-refractivity contribution in [2.24, 2.45) is 5.92 Å². The molecule has 1 aromatic carbocycles. The van der Waals surface area contributed by atoms with Crippen LogP contribution in [0.4, 0.5) is 11.4 Å². The molecule has 2 amide bonds. The molecule has 1 unspecified atom stereocenters. The Hall–Kier alpha value is -2.08. The molecule has 1 fully saturated rings. The molecule has 21 heavy (non-hydrogen) atoms. The lowest BCUT2D eigenvalue weighted by atomic mass is 10.0. The zero-order valence-corrected chi connectivity index (χ0v) is 12.4. The van der Waals surface area contributed by atoms with Crippen molar-refractivity contribution in [2.45, 2.75) is 19.8 Å². The summed E-state index contributed by atoms with van der Waals surface area (Å²) in [5.74, 6) is 0.757. The second-order valence-electron chi connectivity index (χ2n) is 5.21. The van der Waals surface area contributed by atoms with Crippen LogP contribution < -0.4 is 20.7 Å². The number of methoxy groups -OCH3 is 1. The molecule has 0 radical (unpaired) electrons. The lowest BCUT2D eigenvalue weighted by molar-refractivity contribution is -0.117. The highest BCUT2D eigenvalue weighted by atomic mass is 16.5. The molecular formula is C15H21N3O3. The summed E-state index contributed by atoms with van der Waals surface area (Å²) in [5, 5.41) is 8.79. The van der Waals surface area contributed by atoms with E-state index in [1.54, 1.807) is 18.2 Å². The van der Waals surface area contributed by atoms with Gasteiger partial charge in [0.15, 0.2) is 0 Å². The summed E-state index contributed by atoms with van der Waals surface area (Å²) in [6.07, 6.45) is 1.56. The summed E-state index contributed by atoms with van der Waals surface area (Å²) in [7, 11) is 1.52. The molecule has 0 saturated carbocycles. The first-order valence-electron chi connectivity index (χ1n) is 7.04. The summed E-state index contributed by atoms with van der Waals surface area (Å²) in [6, 6.07) is 5.17. The van der Waals surface area contributed by atoms with E-state index in [1.807, 2.05) is 0 Å². The fourth-order valence-corrected chi connectivity index (χ4v) is 2.42. The molecule has 0 aliphatic carbocycles. The Bertz CT molecular complexity index is 525. The van der Waals surface area contributed by atoms with Gasteiger partial charge in [-0.25, -0.2) is 0 Å². The van der Waals surface area contributed by atoms with Gasteiger partial charge in [0.25, 0.3) is 0 Å². The molecule has 1 aliphatic heterocycles. The van der Waals surface area contributed by atoms with E-state index in [2.05, 4.69) is 16.0 Å². The lowest BCUT2D eigenvalue weighted by Gasteiger charge is -2.13. The summed E-state index contributed by atoms with van der Waals surface area (Å²) < 4.78 is 5.23. The zero-order valence-electron chi connectivity index (χ0n) is 12.4. The summed E-state index contributed by atoms with van der Waals surface area (Å²) in [4.78, 5) is 23.1. The molecule has 0 aromatic heterocycles. The van der Waals surface area contributed by atoms with Gasteiger partial charge < -0.3 is 20.7 Å². The third-order valence-electron chi connectivity index (χ3n) is 3.43. The Morgan fingerprint density at radius 3 is 2.81 bits per heavy atom. The van der Waals surface area contributed by atoms with Gasteiger partial charge in [0.1, 0.15) is 5.75 Å². The average molecular weight is 291 g/mol. The SMILES string of the molecule is COc1cc(NC(=O)CC2CCNC2)ccc1NC(C)=O. The monoisotopic (exact) mass is 291 g/mol. The topological polar surface area (TPSA) is 79.5 Å². The molecule has 0 bridgehead atoms. The number of hydrogen-bond acceptors (Lipinski definition) is 4. The van der Waals surface area contributed by atoms with Gasteiger partial charge in [0.2, 0.25) is 11.8 Å². The van der Waals surface area contributed by atoms with Crippen molar-refractivity contribution in [1.29, 1.82) is 0 Å². The van der Waals surface area contributed by atoms with Gasteiger partial charge in [-0.05, 0) is 37.6 Å². The van der Waals surface area contributed by atoms with Crippen LogP contribution in [0.2, 0.25) is 0 Å². The fourth-order valence-electron chi connectivity index (χ4n) is 2.42. The van der Waals surface area contributed by atoms with Gasteiger partial charge in [0.05, 0.1) is 12.8 Å². The number of carbonyl (C=O) groups excluding carboxylic acids is 2. The largest absolute Gasteiger partial charge is 0.494 e. The molecule has 1 atom stereocenters. The smallest absolute Gasteiger partial charge is 0.224 e. The minimum Gasteiger partial charge on any atom is -0.494 e. The van der Waals surface area contributed by atoms with Crippen molar-refractivity contribution < 1.29 is 14.3 Å². The highest BCUT2D eigenvalue weighted by Crippen LogP contribution is 2.28. The van der Waals surface area contributed by atoms with Gasteiger partial charge >= 0.3 is 0 Å². The number of hydrogen-bond donors (Lipinski definition) is 3. The minimum atomic E-state index is -0.168. The molecular weight excluding hydrogens is 270 g/mol. The highest BCUT2D eigenvalue weighted by Gasteiger charge is 2.18. The van der Waals surface area contributed by atoms with Gasteiger partial charge in [-0.2, -0.15) is 0 Å². The van der Waals surface area contributed by atoms with Gasteiger partial charge in [-0.3, -0.25) is 9.59 Å². The van der Waals surface area contributed by atoms with Crippen molar-refractivity contribution in [1.82, 2.24) is 5.32 Å². The van der Waals surface area contributed by atoms with Crippen LogP contribution in [0, 0.1) is 5.92 Å². The van der Waals surface area contributed by atoms with Crippen LogP contribution >= 0.6 is 0 Å². The van der Waals surface area contributed by atoms with Crippen molar-refractivity contribution in [3.8, 4) is 5.75 Å². The first kappa shape index (κ1) is 15.3. The summed E-state index contributed by atoms with van der Waals surface area (Å²) >= 11 is 0. The second-order valence-corrected chi connectivity index (χ2v) is 5.21. The second kappa shape index (κ2) is 7.08. The van der Waals surface area contributed by atoms with Crippen LogP contribution in [0.1, 0.15) is 19.8 Å². The van der Waals surface area contributed by atoms with E-state index in [9.17, 15) is 9.59 Å². The number of amides is 2. The molecule has 2 rings (SSSR count). The van der Waals surface area contributed by atoms with E-state index in [1.165, 1.54) is 14.0 Å². The van der Waals surface area contributed by atoms with Crippen molar-refractivity contribution in [3.05, 3.63) is 18.2 Å². The first-order chi connectivity index (χ1) is 10.1. The van der Waals surface area contributed by atoms with Crippen LogP contribution in [0.15, 0.2) is 18.2 Å². The molecule has 1 saturated heterocycles. The molecule has 1 aliphatic rings. The quantitative estimate of drug-likeness (QED) is 0.769. The Balaban J connectivity index is 1.99. The first-order valence-corrected chi connectivity index (χ1v) is 7.04. The van der Waals surface area contributed by atoms with E-state index < -0.39 is 0 Å². The van der Waals surface area contributed by atoms with Gasteiger partial charge in [-0.15, -0.1) is 0 Å². The van der Waals surface area contributed by atoms with Crippen LogP contribution in [0.25, 0.3) is 0 Å². The number of nitrogens with one attached hydrogen (secondary N) is 3. The Morgan fingerprint density at radius 1 is 1.38 bits per heavy atom. The van der Waals surface area contributed by atoms with E-state index in [4.69, 9.17) is 4.74 Å². The van der Waals surface area contributed by atoms with Crippen LogP contribution in [0.3, 0.4) is 0 Å². The van der Waals surface area contributed by atoms with Crippen molar-refractivity contribution >= 4 is 23.2 Å². The average Bonchev–Trinajstić information content (AvgIpc) is 2.92. The number of rotatable bonds is 5. The number of carbonyl (C=O) groups is 2. The highest BCUT2D eigenvalue weighted by molar-refractivity contribution is 5.93. The lowest BCUT2D eigenvalue weighted by Crippen LogP contribution is -2.18. The number of anilines is 2. The van der Waals surface area contributed by atoms with Crippen molar-refractivity contribution in [3.63, 3.8) is 0 Å². The maximum atomic E-state index is 12.0. The van der Waals surface area contributed by atoms with E-state index in [-0.39, 0.29) is 11.8 Å². The van der Waals surface area contributed by atoms with Crippen molar-refractivity contribution in [2.75, 3.05) is 30.8 Å². The Morgan fingerprint density at radius 2 is 2.19 bits per heavy atom. The molecule has 1 aromatic rings. The molecule has 3 N–H and O–H groups in total. The molecule has 1 heterocycles. The molecule has 6 heteroatoms. The summed E-state index contributed by atoms with van der Waals surface area (Å²) in [6.45, 7) is 3.32. The standard InChI is InChI=1S/C15H21N3O3/c1-10(19)17-13-4-3-12(8-14(13)21-2)18-15(20)7-11-5-6-16-9-11/h3-4,8,11,16H,5-7,9H2,1-2H3,(H,17,19)(H,18,20). The zero-order chi connectivity index (χ0) is 15.2. The maximum absolute atomic E-state index is 12.0. The van der Waals surface area contributed by atoms with E-state index in [0.717, 1.165) is 19.5 Å². The third-order valence-corrected chi connectivity index (χ3v) is 3.43. The van der Waals surface area contributed by atoms with E-state index in [0.29, 0.717) is 29.5 Å². The van der Waals surface area contributed by atoms with Gasteiger partial charge in [0, 0.05) is 25.1 Å². The third kappa shape index (κ3) is 4.46. The molecule has 114 valence electrons. The Kier molecular flexibility index (Phi) is 5.16. The number of benzene rings is 1. The van der Waals surface area contributed by atoms with Crippen LogP contribution in [-0.4, -0.2) is 32.0 Å². The minimum absolute atomic E-state index is 0.00182. The molecule has 0 spiro atoms. The number of ether oxygens (including phenoxy) is 1. The van der Waals surface area contributed by atoms with E-state index >= 15 is 0 Å². The maximum Gasteiger partial charge on any atom is 0.224 e. The van der Waals surface area contributed by atoms with Crippen LogP contribution in [0.5, 0.6) is 5.75 Å². The molecule has 6 nitrogen and oxygen atoms in total. The summed E-state index contributed by atoms with van der Waals surface area (Å²) in [5.41, 5.74) is 1.25. The normalized spacial score (nSPS) is 17.3. The predicted molar refractivity (Wildman–Crippen MR) is 81.5 cm³/mol. The van der Waals surface area contributed by atoms with Gasteiger partial charge in [-0.1, -0.05) is 0 Å². The Labute approximate surface area is 124 Å². The fraction of sp³-hybridized carbons (Fsp3) is 0.467. The predicted octanol–water partition coefficient (Wildman–Crippen LogP) is 1.59. The van der Waals surface area contributed by atoms with Crippen LogP contribution in [-0.2, 0) is 9.59 Å².